The molecule has 0 aliphatic heterocycles. The van der Waals surface area contributed by atoms with Gasteiger partial charge in [-0.2, -0.15) is 0 Å². The molecule has 0 radical (unpaired) electrons. The van der Waals surface area contributed by atoms with Gasteiger partial charge in [0.25, 0.3) is 0 Å². The summed E-state index contributed by atoms with van der Waals surface area (Å²) < 4.78 is 0. The Morgan fingerprint density at radius 1 is 1.26 bits per heavy atom. The Kier molecular flexibility index (Phi) is 5.79. The number of rotatable bonds is 7. The van der Waals surface area contributed by atoms with Crippen molar-refractivity contribution in [2.24, 2.45) is 0 Å². The standard InChI is InChI=1S/C14H22N2O3/c1-11(12-6-4-5-7-13(12)17)16(10-14(18)19)9-8-15(2)3/h4-7,11,17H,8-10H2,1-3H3,(H,18,19). The number of nitrogens with zero attached hydrogens (tertiary/aromatic N) is 2. The SMILES string of the molecule is CC(c1ccccc1O)N(CCN(C)C)CC(=O)O. The number of aliphatic carboxylic acids is 1. The predicted octanol–water partition coefficient (Wildman–Crippen LogP) is 1.40. The van der Waals surface area contributed by atoms with E-state index in [0.29, 0.717) is 6.54 Å². The van der Waals surface area contributed by atoms with Gasteiger partial charge in [0.2, 0.25) is 0 Å². The van der Waals surface area contributed by atoms with Gasteiger partial charge in [-0.1, -0.05) is 18.2 Å². The Balaban J connectivity index is 2.84. The normalized spacial score (nSPS) is 12.9. The Morgan fingerprint density at radius 3 is 2.42 bits per heavy atom. The lowest BCUT2D eigenvalue weighted by molar-refractivity contribution is -0.139. The molecule has 0 aromatic heterocycles. The van der Waals surface area contributed by atoms with Crippen LogP contribution in [0.3, 0.4) is 0 Å². The van der Waals surface area contributed by atoms with Crippen LogP contribution in [-0.4, -0.2) is 59.7 Å². The van der Waals surface area contributed by atoms with Crippen molar-refractivity contribution < 1.29 is 15.0 Å². The van der Waals surface area contributed by atoms with Crippen molar-refractivity contribution in [2.45, 2.75) is 13.0 Å². The third-order valence-electron chi connectivity index (χ3n) is 3.11. The molecule has 1 rings (SSSR count). The molecule has 1 aromatic rings. The average Bonchev–Trinajstić information content (AvgIpc) is 2.33. The molecule has 2 N–H and O–H groups in total. The Hall–Kier alpha value is -1.59. The summed E-state index contributed by atoms with van der Waals surface area (Å²) in [6.07, 6.45) is 0. The van der Waals surface area contributed by atoms with E-state index in [9.17, 15) is 9.90 Å². The second-order valence-electron chi connectivity index (χ2n) is 4.90. The molecule has 0 fully saturated rings. The van der Waals surface area contributed by atoms with E-state index in [0.717, 1.165) is 12.1 Å². The number of carbonyl (C=O) groups is 1. The molecule has 19 heavy (non-hydrogen) atoms. The molecule has 0 amide bonds. The zero-order valence-electron chi connectivity index (χ0n) is 11.7. The number of phenols is 1. The molecular weight excluding hydrogens is 244 g/mol. The number of hydrogen-bond acceptors (Lipinski definition) is 4. The summed E-state index contributed by atoms with van der Waals surface area (Å²) in [6.45, 7) is 3.27. The maximum atomic E-state index is 11.0. The van der Waals surface area contributed by atoms with E-state index in [1.54, 1.807) is 12.1 Å². The average molecular weight is 266 g/mol. The number of aromatic hydroxyl groups is 1. The largest absolute Gasteiger partial charge is 0.508 e. The smallest absolute Gasteiger partial charge is 0.317 e. The first-order chi connectivity index (χ1) is 8.91. The van der Waals surface area contributed by atoms with Crippen molar-refractivity contribution in [1.29, 1.82) is 0 Å². The van der Waals surface area contributed by atoms with Crippen LogP contribution in [0.1, 0.15) is 18.5 Å². The molecule has 0 aliphatic rings. The summed E-state index contributed by atoms with van der Waals surface area (Å²) in [5, 5.41) is 18.9. The first kappa shape index (κ1) is 15.5. The second-order valence-corrected chi connectivity index (χ2v) is 4.90. The van der Waals surface area contributed by atoms with Crippen molar-refractivity contribution in [2.75, 3.05) is 33.7 Å². The summed E-state index contributed by atoms with van der Waals surface area (Å²) in [5.41, 5.74) is 0.752. The third kappa shape index (κ3) is 4.89. The van der Waals surface area contributed by atoms with Gasteiger partial charge in [0.15, 0.2) is 0 Å². The number of carboxylic acids is 1. The van der Waals surface area contributed by atoms with E-state index in [1.807, 2.05) is 43.0 Å². The molecule has 0 bridgehead atoms. The van der Waals surface area contributed by atoms with Crippen molar-refractivity contribution in [3.05, 3.63) is 29.8 Å². The number of carboxylic acid groups (broad SMARTS) is 1. The molecule has 0 saturated heterocycles. The predicted molar refractivity (Wildman–Crippen MR) is 74.3 cm³/mol. The summed E-state index contributed by atoms with van der Waals surface area (Å²) >= 11 is 0. The quantitative estimate of drug-likeness (QED) is 0.781. The van der Waals surface area contributed by atoms with Crippen molar-refractivity contribution in [3.63, 3.8) is 0 Å². The summed E-state index contributed by atoms with van der Waals surface area (Å²) in [4.78, 5) is 14.8. The second kappa shape index (κ2) is 7.11. The van der Waals surface area contributed by atoms with E-state index in [1.165, 1.54) is 0 Å². The highest BCUT2D eigenvalue weighted by Gasteiger charge is 2.20. The summed E-state index contributed by atoms with van der Waals surface area (Å²) in [5.74, 6) is -0.656. The fraction of sp³-hybridized carbons (Fsp3) is 0.500. The van der Waals surface area contributed by atoms with Crippen LogP contribution < -0.4 is 0 Å². The zero-order valence-corrected chi connectivity index (χ0v) is 11.7. The highest BCUT2D eigenvalue weighted by molar-refractivity contribution is 5.69. The number of likely N-dealkylation sites (N-methyl/N-ethyl adjacent to an activating group) is 1. The molecule has 0 saturated carbocycles. The molecular formula is C14H22N2O3. The van der Waals surface area contributed by atoms with Crippen LogP contribution in [0.25, 0.3) is 0 Å². The maximum Gasteiger partial charge on any atom is 0.317 e. The third-order valence-corrected chi connectivity index (χ3v) is 3.11. The molecule has 0 spiro atoms. The fourth-order valence-electron chi connectivity index (χ4n) is 1.95. The van der Waals surface area contributed by atoms with Gasteiger partial charge in [-0.25, -0.2) is 0 Å². The van der Waals surface area contributed by atoms with Gasteiger partial charge in [-0.15, -0.1) is 0 Å². The minimum atomic E-state index is -0.860. The Labute approximate surface area is 114 Å². The molecule has 0 aliphatic carbocycles. The molecule has 1 unspecified atom stereocenters. The van der Waals surface area contributed by atoms with Gasteiger partial charge in [0, 0.05) is 24.7 Å². The highest BCUT2D eigenvalue weighted by Crippen LogP contribution is 2.27. The van der Waals surface area contributed by atoms with Gasteiger partial charge in [0.1, 0.15) is 5.75 Å². The van der Waals surface area contributed by atoms with Crippen LogP contribution >= 0.6 is 0 Å². The van der Waals surface area contributed by atoms with Crippen molar-refractivity contribution in [3.8, 4) is 5.75 Å². The van der Waals surface area contributed by atoms with Crippen LogP contribution in [0.4, 0.5) is 0 Å². The van der Waals surface area contributed by atoms with Gasteiger partial charge in [0.05, 0.1) is 6.54 Å². The zero-order chi connectivity index (χ0) is 14.4. The molecule has 106 valence electrons. The van der Waals surface area contributed by atoms with Gasteiger partial charge < -0.3 is 15.1 Å². The van der Waals surface area contributed by atoms with E-state index >= 15 is 0 Å². The van der Waals surface area contributed by atoms with Crippen LogP contribution in [0, 0.1) is 0 Å². The number of hydrogen-bond donors (Lipinski definition) is 2. The van der Waals surface area contributed by atoms with E-state index in [2.05, 4.69) is 0 Å². The fourth-order valence-corrected chi connectivity index (χ4v) is 1.95. The van der Waals surface area contributed by atoms with Crippen molar-refractivity contribution in [1.82, 2.24) is 9.80 Å². The topological polar surface area (TPSA) is 64.0 Å². The van der Waals surface area contributed by atoms with E-state index in [4.69, 9.17) is 5.11 Å². The first-order valence-electron chi connectivity index (χ1n) is 6.30. The lowest BCUT2D eigenvalue weighted by atomic mass is 10.1. The monoisotopic (exact) mass is 266 g/mol. The van der Waals surface area contributed by atoms with E-state index in [-0.39, 0.29) is 18.3 Å². The van der Waals surface area contributed by atoms with Gasteiger partial charge >= 0.3 is 5.97 Å². The van der Waals surface area contributed by atoms with Crippen LogP contribution in [0.15, 0.2) is 24.3 Å². The molecule has 1 atom stereocenters. The number of para-hydroxylation sites is 1. The van der Waals surface area contributed by atoms with Crippen LogP contribution in [-0.2, 0) is 4.79 Å². The molecule has 0 heterocycles. The highest BCUT2D eigenvalue weighted by atomic mass is 16.4. The Morgan fingerprint density at radius 2 is 1.89 bits per heavy atom. The summed E-state index contributed by atoms with van der Waals surface area (Å²) in [6, 6.07) is 6.90. The van der Waals surface area contributed by atoms with Gasteiger partial charge in [-0.05, 0) is 27.1 Å². The summed E-state index contributed by atoms with van der Waals surface area (Å²) in [7, 11) is 3.90. The minimum Gasteiger partial charge on any atom is -0.508 e. The molecule has 1 aromatic carbocycles. The Bertz CT molecular complexity index is 421. The van der Waals surface area contributed by atoms with Crippen LogP contribution in [0.5, 0.6) is 5.75 Å². The van der Waals surface area contributed by atoms with Crippen LogP contribution in [0.2, 0.25) is 0 Å². The number of benzene rings is 1. The number of phenolic OH excluding ortho intramolecular Hbond substituents is 1. The molecule has 5 heteroatoms. The van der Waals surface area contributed by atoms with Gasteiger partial charge in [-0.3, -0.25) is 9.69 Å². The first-order valence-corrected chi connectivity index (χ1v) is 6.30. The van der Waals surface area contributed by atoms with E-state index < -0.39 is 5.97 Å². The molecule has 5 nitrogen and oxygen atoms in total. The lowest BCUT2D eigenvalue weighted by Gasteiger charge is -2.29. The minimum absolute atomic E-state index is 0.0384. The maximum absolute atomic E-state index is 11.0. The van der Waals surface area contributed by atoms with Crippen molar-refractivity contribution >= 4 is 5.97 Å². The lowest BCUT2D eigenvalue weighted by Crippen LogP contribution is -2.37.